The summed E-state index contributed by atoms with van der Waals surface area (Å²) in [6.07, 6.45) is 0.790. The van der Waals surface area contributed by atoms with Gasteiger partial charge in [-0.05, 0) is 42.8 Å². The van der Waals surface area contributed by atoms with Gasteiger partial charge in [0, 0.05) is 28.0 Å². The van der Waals surface area contributed by atoms with Crippen LogP contribution in [0.4, 0.5) is 5.00 Å². The van der Waals surface area contributed by atoms with Crippen LogP contribution in [0.5, 0.6) is 0 Å². The Hall–Kier alpha value is -1.70. The summed E-state index contributed by atoms with van der Waals surface area (Å²) in [7, 11) is 1.37. The van der Waals surface area contributed by atoms with Gasteiger partial charge in [-0.15, -0.1) is 11.3 Å². The van der Waals surface area contributed by atoms with Crippen LogP contribution in [0.25, 0.3) is 0 Å². The molecule has 1 aliphatic heterocycles. The van der Waals surface area contributed by atoms with Gasteiger partial charge in [-0.2, -0.15) is 0 Å². The van der Waals surface area contributed by atoms with Gasteiger partial charge in [-0.25, -0.2) is 4.79 Å². The van der Waals surface area contributed by atoms with Gasteiger partial charge < -0.3 is 10.1 Å². The van der Waals surface area contributed by atoms with E-state index in [0.717, 1.165) is 41.0 Å². The lowest BCUT2D eigenvalue weighted by Gasteiger charge is -2.25. The van der Waals surface area contributed by atoms with Gasteiger partial charge in [0.15, 0.2) is 0 Å². The van der Waals surface area contributed by atoms with Gasteiger partial charge >= 0.3 is 5.97 Å². The first kappa shape index (κ1) is 18.1. The molecule has 25 heavy (non-hydrogen) atoms. The standard InChI is InChI=1S/C18H19BrN2O3S/c1-3-21-9-8-13-14(10-21)25-17(15(13)18(23)24-2)20-16(22)11-4-6-12(19)7-5-11/h4-7H,3,8-10H2,1-2H3,(H,20,22). The zero-order chi connectivity index (χ0) is 18.0. The predicted octanol–water partition coefficient (Wildman–Crippen LogP) is 3.93. The van der Waals surface area contributed by atoms with Crippen LogP contribution in [0.2, 0.25) is 0 Å². The van der Waals surface area contributed by atoms with Crippen molar-refractivity contribution in [3.8, 4) is 0 Å². The molecule has 0 fully saturated rings. The largest absolute Gasteiger partial charge is 0.465 e. The molecule has 1 amide bonds. The van der Waals surface area contributed by atoms with Crippen molar-refractivity contribution in [2.75, 3.05) is 25.5 Å². The average Bonchev–Trinajstić information content (AvgIpc) is 2.98. The van der Waals surface area contributed by atoms with Crippen LogP contribution in [0.3, 0.4) is 0 Å². The first-order chi connectivity index (χ1) is 12.0. The summed E-state index contributed by atoms with van der Waals surface area (Å²) in [5, 5.41) is 3.47. The van der Waals surface area contributed by atoms with Gasteiger partial charge in [0.05, 0.1) is 12.7 Å². The molecular formula is C18H19BrN2O3S. The minimum atomic E-state index is -0.395. The first-order valence-corrected chi connectivity index (χ1v) is 9.66. The fraction of sp³-hybridized carbons (Fsp3) is 0.333. The fourth-order valence-electron chi connectivity index (χ4n) is 2.91. The molecule has 1 N–H and O–H groups in total. The predicted molar refractivity (Wildman–Crippen MR) is 102 cm³/mol. The van der Waals surface area contributed by atoms with Crippen molar-refractivity contribution in [2.45, 2.75) is 19.9 Å². The van der Waals surface area contributed by atoms with Crippen molar-refractivity contribution in [1.29, 1.82) is 0 Å². The third-order valence-electron chi connectivity index (χ3n) is 4.31. The lowest BCUT2D eigenvalue weighted by atomic mass is 10.0. The molecular weight excluding hydrogens is 404 g/mol. The average molecular weight is 423 g/mol. The Kier molecular flexibility index (Phi) is 5.56. The van der Waals surface area contributed by atoms with E-state index in [4.69, 9.17) is 4.74 Å². The molecule has 2 aromatic rings. The number of carbonyl (C=O) groups excluding carboxylic acids is 2. The second-order valence-electron chi connectivity index (χ2n) is 5.78. The molecule has 0 saturated heterocycles. The van der Waals surface area contributed by atoms with E-state index in [1.165, 1.54) is 18.4 Å². The number of nitrogens with zero attached hydrogens (tertiary/aromatic N) is 1. The van der Waals surface area contributed by atoms with E-state index in [-0.39, 0.29) is 5.91 Å². The Morgan fingerprint density at radius 3 is 2.68 bits per heavy atom. The Bertz CT molecular complexity index is 801. The Balaban J connectivity index is 1.92. The fourth-order valence-corrected chi connectivity index (χ4v) is 4.45. The van der Waals surface area contributed by atoms with Gasteiger partial charge in [0.1, 0.15) is 5.00 Å². The molecule has 0 unspecified atom stereocenters. The minimum absolute atomic E-state index is 0.233. The topological polar surface area (TPSA) is 58.6 Å². The van der Waals surface area contributed by atoms with Crippen LogP contribution in [0, 0.1) is 0 Å². The maximum absolute atomic E-state index is 12.5. The normalized spacial score (nSPS) is 14.0. The van der Waals surface area contributed by atoms with Crippen molar-refractivity contribution < 1.29 is 14.3 Å². The van der Waals surface area contributed by atoms with E-state index in [9.17, 15) is 9.59 Å². The zero-order valence-electron chi connectivity index (χ0n) is 14.1. The molecule has 0 spiro atoms. The molecule has 0 saturated carbocycles. The van der Waals surface area contributed by atoms with Crippen LogP contribution in [-0.4, -0.2) is 37.0 Å². The molecule has 1 aliphatic rings. The molecule has 132 valence electrons. The summed E-state index contributed by atoms with van der Waals surface area (Å²) in [6.45, 7) is 4.79. The number of fused-ring (bicyclic) bond motifs is 1. The van der Waals surface area contributed by atoms with Crippen LogP contribution >= 0.6 is 27.3 Å². The second kappa shape index (κ2) is 7.68. The van der Waals surface area contributed by atoms with Crippen LogP contribution in [0.1, 0.15) is 38.1 Å². The monoisotopic (exact) mass is 422 g/mol. The van der Waals surface area contributed by atoms with Crippen molar-refractivity contribution in [2.24, 2.45) is 0 Å². The highest BCUT2D eigenvalue weighted by Gasteiger charge is 2.29. The Morgan fingerprint density at radius 2 is 2.04 bits per heavy atom. The minimum Gasteiger partial charge on any atom is -0.465 e. The van der Waals surface area contributed by atoms with Crippen LogP contribution < -0.4 is 5.32 Å². The number of esters is 1. The number of nitrogens with one attached hydrogen (secondary N) is 1. The molecule has 0 atom stereocenters. The molecule has 3 rings (SSSR count). The highest BCUT2D eigenvalue weighted by molar-refractivity contribution is 9.10. The second-order valence-corrected chi connectivity index (χ2v) is 7.80. The Morgan fingerprint density at radius 1 is 1.32 bits per heavy atom. The van der Waals surface area contributed by atoms with Crippen molar-refractivity contribution in [3.63, 3.8) is 0 Å². The summed E-state index contributed by atoms with van der Waals surface area (Å²) in [5.74, 6) is -0.628. The molecule has 2 heterocycles. The number of hydrogen-bond donors (Lipinski definition) is 1. The van der Waals surface area contributed by atoms with E-state index < -0.39 is 5.97 Å². The number of anilines is 1. The summed E-state index contributed by atoms with van der Waals surface area (Å²) in [4.78, 5) is 28.3. The number of likely N-dealkylation sites (N-methyl/N-ethyl adjacent to an activating group) is 1. The number of methoxy groups -OCH3 is 1. The third-order valence-corrected chi connectivity index (χ3v) is 5.97. The van der Waals surface area contributed by atoms with E-state index >= 15 is 0 Å². The van der Waals surface area contributed by atoms with Crippen LogP contribution in [-0.2, 0) is 17.7 Å². The summed E-state index contributed by atoms with van der Waals surface area (Å²) in [5.41, 5.74) is 2.05. The maximum Gasteiger partial charge on any atom is 0.341 e. The van der Waals surface area contributed by atoms with Crippen molar-refractivity contribution >= 4 is 44.1 Å². The number of carbonyl (C=O) groups is 2. The van der Waals surface area contributed by atoms with E-state index in [1.54, 1.807) is 12.1 Å². The highest BCUT2D eigenvalue weighted by Crippen LogP contribution is 2.37. The Labute approximate surface area is 159 Å². The van der Waals surface area contributed by atoms with Gasteiger partial charge in [-0.3, -0.25) is 9.69 Å². The zero-order valence-corrected chi connectivity index (χ0v) is 16.5. The summed E-state index contributed by atoms with van der Waals surface area (Å²) in [6, 6.07) is 7.11. The number of ether oxygens (including phenoxy) is 1. The highest BCUT2D eigenvalue weighted by atomic mass is 79.9. The molecule has 1 aromatic heterocycles. The number of rotatable bonds is 4. The number of hydrogen-bond acceptors (Lipinski definition) is 5. The first-order valence-electron chi connectivity index (χ1n) is 8.05. The quantitative estimate of drug-likeness (QED) is 0.758. The van der Waals surface area contributed by atoms with Gasteiger partial charge in [-0.1, -0.05) is 22.9 Å². The molecule has 7 heteroatoms. The van der Waals surface area contributed by atoms with Gasteiger partial charge in [0.25, 0.3) is 5.91 Å². The number of thiophene rings is 1. The van der Waals surface area contributed by atoms with E-state index in [2.05, 4.69) is 33.1 Å². The third kappa shape index (κ3) is 3.78. The summed E-state index contributed by atoms with van der Waals surface area (Å²) >= 11 is 4.82. The van der Waals surface area contributed by atoms with E-state index in [1.807, 2.05) is 12.1 Å². The molecule has 0 bridgehead atoms. The lowest BCUT2D eigenvalue weighted by molar-refractivity contribution is 0.0600. The number of benzene rings is 1. The maximum atomic E-state index is 12.5. The number of halogens is 1. The molecule has 0 radical (unpaired) electrons. The SMILES string of the molecule is CCN1CCc2c(sc(NC(=O)c3ccc(Br)cc3)c2C(=O)OC)C1. The van der Waals surface area contributed by atoms with Gasteiger partial charge in [0.2, 0.25) is 0 Å². The lowest BCUT2D eigenvalue weighted by Crippen LogP contribution is -2.29. The molecule has 5 nitrogen and oxygen atoms in total. The smallest absolute Gasteiger partial charge is 0.341 e. The number of amides is 1. The van der Waals surface area contributed by atoms with Crippen LogP contribution in [0.15, 0.2) is 28.7 Å². The molecule has 1 aromatic carbocycles. The van der Waals surface area contributed by atoms with Crippen molar-refractivity contribution in [1.82, 2.24) is 4.90 Å². The summed E-state index contributed by atoms with van der Waals surface area (Å²) < 4.78 is 5.86. The molecule has 0 aliphatic carbocycles. The van der Waals surface area contributed by atoms with Crippen molar-refractivity contribution in [3.05, 3.63) is 50.3 Å². The van der Waals surface area contributed by atoms with E-state index in [0.29, 0.717) is 16.1 Å².